The van der Waals surface area contributed by atoms with Crippen molar-refractivity contribution in [3.05, 3.63) is 53.9 Å². The van der Waals surface area contributed by atoms with Crippen molar-refractivity contribution in [2.75, 3.05) is 33.2 Å². The molecule has 1 atom stereocenters. The van der Waals surface area contributed by atoms with Gasteiger partial charge in [0.1, 0.15) is 0 Å². The second-order valence-electron chi connectivity index (χ2n) is 7.72. The molecule has 0 radical (unpaired) electrons. The summed E-state index contributed by atoms with van der Waals surface area (Å²) in [5.41, 5.74) is 7.92. The Morgan fingerprint density at radius 2 is 2.10 bits per heavy atom. The number of rotatable bonds is 9. The minimum absolute atomic E-state index is 0.00273. The molecule has 1 aromatic heterocycles. The number of nitrogens with zero attached hydrogens (tertiary/aromatic N) is 4. The Kier molecular flexibility index (Phi) is 8.26. The highest BCUT2D eigenvalue weighted by atomic mass is 16.1. The van der Waals surface area contributed by atoms with Crippen molar-refractivity contribution in [2.24, 2.45) is 16.6 Å². The normalized spacial score (nSPS) is 17.6. The third-order valence-electron chi connectivity index (χ3n) is 5.53. The molecule has 8 heteroatoms. The molecule has 1 saturated heterocycles. The summed E-state index contributed by atoms with van der Waals surface area (Å²) in [7, 11) is 1.78. The van der Waals surface area contributed by atoms with Crippen LogP contribution in [0.25, 0.3) is 0 Å². The summed E-state index contributed by atoms with van der Waals surface area (Å²) < 4.78 is 1.93. The summed E-state index contributed by atoms with van der Waals surface area (Å²) in [6.07, 6.45) is 6.72. The maximum absolute atomic E-state index is 11.4. The van der Waals surface area contributed by atoms with E-state index in [1.165, 1.54) is 11.1 Å². The van der Waals surface area contributed by atoms with E-state index in [0.29, 0.717) is 6.54 Å². The van der Waals surface area contributed by atoms with Crippen molar-refractivity contribution in [3.63, 3.8) is 0 Å². The van der Waals surface area contributed by atoms with Gasteiger partial charge in [0.2, 0.25) is 5.91 Å². The highest BCUT2D eigenvalue weighted by Gasteiger charge is 2.23. The summed E-state index contributed by atoms with van der Waals surface area (Å²) in [5.74, 6) is 0.621. The van der Waals surface area contributed by atoms with E-state index in [0.717, 1.165) is 57.9 Å². The van der Waals surface area contributed by atoms with E-state index in [9.17, 15) is 4.79 Å². The van der Waals surface area contributed by atoms with Gasteiger partial charge in [-0.15, -0.1) is 0 Å². The van der Waals surface area contributed by atoms with Gasteiger partial charge in [-0.25, -0.2) is 0 Å². The molecule has 4 N–H and O–H groups in total. The number of primary amides is 1. The van der Waals surface area contributed by atoms with Crippen molar-refractivity contribution < 1.29 is 4.79 Å². The van der Waals surface area contributed by atoms with E-state index in [2.05, 4.69) is 49.9 Å². The molecular formula is C22H33N7O. The number of benzene rings is 1. The number of carbonyl (C=O) groups is 1. The summed E-state index contributed by atoms with van der Waals surface area (Å²) in [5, 5.41) is 11.1. The number of likely N-dealkylation sites (tertiary alicyclic amines) is 1. The fourth-order valence-corrected chi connectivity index (χ4v) is 3.85. The average Bonchev–Trinajstić information content (AvgIpc) is 3.27. The quantitative estimate of drug-likeness (QED) is 0.327. The Morgan fingerprint density at radius 3 is 2.83 bits per heavy atom. The van der Waals surface area contributed by atoms with Crippen molar-refractivity contribution >= 4 is 11.9 Å². The number of nitrogens with two attached hydrogens (primary N) is 1. The lowest BCUT2D eigenvalue weighted by Gasteiger charge is -2.31. The molecule has 8 nitrogen and oxygen atoms in total. The number of amides is 1. The number of hydrogen-bond donors (Lipinski definition) is 3. The number of piperidine rings is 1. The van der Waals surface area contributed by atoms with Crippen LogP contribution in [0.15, 0.2) is 47.7 Å². The first-order valence-electron chi connectivity index (χ1n) is 10.7. The van der Waals surface area contributed by atoms with Crippen molar-refractivity contribution in [1.29, 1.82) is 0 Å². The van der Waals surface area contributed by atoms with Gasteiger partial charge in [-0.05, 0) is 49.5 Å². The van der Waals surface area contributed by atoms with E-state index in [-0.39, 0.29) is 11.8 Å². The largest absolute Gasteiger partial charge is 0.369 e. The predicted molar refractivity (Wildman–Crippen MR) is 119 cm³/mol. The van der Waals surface area contributed by atoms with Gasteiger partial charge >= 0.3 is 0 Å². The molecule has 162 valence electrons. The highest BCUT2D eigenvalue weighted by Crippen LogP contribution is 2.16. The molecule has 30 heavy (non-hydrogen) atoms. The van der Waals surface area contributed by atoms with Gasteiger partial charge < -0.3 is 21.3 Å². The van der Waals surface area contributed by atoms with Gasteiger partial charge in [-0.2, -0.15) is 5.10 Å². The van der Waals surface area contributed by atoms with Gasteiger partial charge in [0.25, 0.3) is 0 Å². The zero-order valence-electron chi connectivity index (χ0n) is 17.8. The fraction of sp³-hybridized carbons (Fsp3) is 0.500. The first-order valence-corrected chi connectivity index (χ1v) is 10.7. The maximum Gasteiger partial charge on any atom is 0.221 e. The summed E-state index contributed by atoms with van der Waals surface area (Å²) in [6.45, 7) is 5.06. The summed E-state index contributed by atoms with van der Waals surface area (Å²) >= 11 is 0. The maximum atomic E-state index is 11.4. The Balaban J connectivity index is 1.41. The van der Waals surface area contributed by atoms with Gasteiger partial charge in [-0.3, -0.25) is 14.5 Å². The molecule has 1 unspecified atom stereocenters. The molecule has 2 aromatic rings. The molecule has 0 spiro atoms. The van der Waals surface area contributed by atoms with Crippen LogP contribution in [-0.2, 0) is 17.9 Å². The third kappa shape index (κ3) is 6.59. The van der Waals surface area contributed by atoms with E-state index in [1.54, 1.807) is 13.2 Å². The molecule has 0 saturated carbocycles. The molecule has 1 aromatic carbocycles. The molecule has 1 aliphatic rings. The first-order chi connectivity index (χ1) is 14.7. The second kappa shape index (κ2) is 11.3. The van der Waals surface area contributed by atoms with Crippen LogP contribution < -0.4 is 16.4 Å². The lowest BCUT2D eigenvalue weighted by atomic mass is 9.97. The molecule has 2 heterocycles. The average molecular weight is 412 g/mol. The monoisotopic (exact) mass is 411 g/mol. The predicted octanol–water partition coefficient (Wildman–Crippen LogP) is 1.18. The van der Waals surface area contributed by atoms with Crippen LogP contribution in [0.1, 0.15) is 30.4 Å². The Morgan fingerprint density at radius 1 is 1.27 bits per heavy atom. The molecule has 0 bridgehead atoms. The van der Waals surface area contributed by atoms with Crippen LogP contribution in [0.4, 0.5) is 0 Å². The van der Waals surface area contributed by atoms with Crippen LogP contribution in [-0.4, -0.2) is 59.8 Å². The molecule has 1 amide bonds. The third-order valence-corrected chi connectivity index (χ3v) is 5.53. The van der Waals surface area contributed by atoms with Crippen LogP contribution in [0.5, 0.6) is 0 Å². The van der Waals surface area contributed by atoms with E-state index >= 15 is 0 Å². The van der Waals surface area contributed by atoms with Gasteiger partial charge in [0, 0.05) is 39.1 Å². The van der Waals surface area contributed by atoms with Crippen molar-refractivity contribution in [1.82, 2.24) is 25.3 Å². The lowest BCUT2D eigenvalue weighted by Crippen LogP contribution is -2.42. The van der Waals surface area contributed by atoms with Crippen LogP contribution in [0, 0.1) is 5.92 Å². The highest BCUT2D eigenvalue weighted by molar-refractivity contribution is 5.79. The number of hydrogen-bond acceptors (Lipinski definition) is 4. The van der Waals surface area contributed by atoms with E-state index in [1.807, 2.05) is 16.9 Å². The molecular weight excluding hydrogens is 378 g/mol. The van der Waals surface area contributed by atoms with E-state index < -0.39 is 0 Å². The summed E-state index contributed by atoms with van der Waals surface area (Å²) in [4.78, 5) is 18.1. The standard InChI is InChI=1S/C22H33N7O/c1-24-22(25-10-5-13-28-12-4-9-20(16-28)21(23)30)26-15-18-7-2-3-8-19(18)17-29-14-6-11-27-29/h2-3,6-8,11,14,20H,4-5,9-10,12-13,15-17H2,1H3,(H2,23,30)(H2,24,25,26). The first kappa shape index (κ1) is 21.8. The van der Waals surface area contributed by atoms with Crippen molar-refractivity contribution in [3.8, 4) is 0 Å². The van der Waals surface area contributed by atoms with Crippen LogP contribution in [0.2, 0.25) is 0 Å². The fourth-order valence-electron chi connectivity index (χ4n) is 3.85. The Labute approximate surface area is 178 Å². The minimum Gasteiger partial charge on any atom is -0.369 e. The van der Waals surface area contributed by atoms with Gasteiger partial charge in [-0.1, -0.05) is 24.3 Å². The smallest absolute Gasteiger partial charge is 0.221 e. The molecule has 3 rings (SSSR count). The molecule has 1 aliphatic heterocycles. The van der Waals surface area contributed by atoms with Crippen LogP contribution in [0.3, 0.4) is 0 Å². The Bertz CT molecular complexity index is 819. The van der Waals surface area contributed by atoms with E-state index in [4.69, 9.17) is 5.73 Å². The molecule has 0 aliphatic carbocycles. The number of aromatic nitrogens is 2. The van der Waals surface area contributed by atoms with Gasteiger partial charge in [0.05, 0.1) is 12.5 Å². The van der Waals surface area contributed by atoms with Gasteiger partial charge in [0.15, 0.2) is 5.96 Å². The number of aliphatic imine (C=N–C) groups is 1. The SMILES string of the molecule is CN=C(NCCCN1CCCC(C(N)=O)C1)NCc1ccccc1Cn1cccn1. The number of nitrogens with one attached hydrogen (secondary N) is 2. The number of carbonyl (C=O) groups excluding carboxylic acids is 1. The molecule has 1 fully saturated rings. The lowest BCUT2D eigenvalue weighted by molar-refractivity contribution is -0.123. The topological polar surface area (TPSA) is 101 Å². The van der Waals surface area contributed by atoms with Crippen molar-refractivity contribution in [2.45, 2.75) is 32.4 Å². The Hall–Kier alpha value is -2.87. The zero-order chi connectivity index (χ0) is 21.2. The minimum atomic E-state index is -0.171. The second-order valence-corrected chi connectivity index (χ2v) is 7.72. The zero-order valence-corrected chi connectivity index (χ0v) is 17.8. The summed E-state index contributed by atoms with van der Waals surface area (Å²) in [6, 6.07) is 10.3. The van der Waals surface area contributed by atoms with Crippen LogP contribution >= 0.6 is 0 Å². The number of guanidine groups is 1.